The third kappa shape index (κ3) is 38.2. The minimum absolute atomic E-state index is 0.0104. The maximum absolute atomic E-state index is 14.3. The Kier molecular flexibility index (Phi) is 41.2. The number of carboxylic acids is 3. The van der Waals surface area contributed by atoms with Crippen LogP contribution < -0.4 is 110 Å². The summed E-state index contributed by atoms with van der Waals surface area (Å²) >= 11 is 0. The Morgan fingerprint density at radius 2 is 0.829 bits per heavy atom. The number of aromatic hydroxyl groups is 1. The van der Waals surface area contributed by atoms with Gasteiger partial charge in [0.2, 0.25) is 76.8 Å². The molecule has 586 valence electrons. The van der Waals surface area contributed by atoms with Crippen molar-refractivity contribution in [3.63, 3.8) is 0 Å². The van der Waals surface area contributed by atoms with E-state index in [4.69, 9.17) is 51.6 Å². The highest BCUT2D eigenvalue weighted by molar-refractivity contribution is 6.01. The smallest absolute Gasteiger partial charge is 0.328 e. The van der Waals surface area contributed by atoms with Crippen molar-refractivity contribution in [1.29, 1.82) is 0 Å². The lowest BCUT2D eigenvalue weighted by Crippen LogP contribution is -2.62. The Balaban J connectivity index is 3.68. The van der Waals surface area contributed by atoms with Crippen molar-refractivity contribution in [1.82, 2.24) is 58.5 Å². The summed E-state index contributed by atoms with van der Waals surface area (Å²) in [7, 11) is 0. The summed E-state index contributed by atoms with van der Waals surface area (Å²) < 4.78 is 0. The number of aliphatic hydroxyl groups is 2. The van der Waals surface area contributed by atoms with Crippen LogP contribution in [0.15, 0.2) is 39.2 Å². The first-order valence-electron chi connectivity index (χ1n) is 32.7. The first kappa shape index (κ1) is 91.2. The molecule has 1 aromatic carbocycles. The zero-order valence-electron chi connectivity index (χ0n) is 58.0. The third-order valence-electron chi connectivity index (χ3n) is 14.8. The van der Waals surface area contributed by atoms with Crippen molar-refractivity contribution in [3.8, 4) is 5.75 Å². The Morgan fingerprint density at radius 3 is 1.27 bits per heavy atom. The molecule has 0 aliphatic rings. The van der Waals surface area contributed by atoms with E-state index in [2.05, 4.69) is 57.5 Å². The molecule has 0 fully saturated rings. The fraction of sp³-hybridized carbons (Fsp3) is 0.583. The molecule has 105 heavy (non-hydrogen) atoms. The van der Waals surface area contributed by atoms with Gasteiger partial charge in [-0.15, -0.1) is 0 Å². The van der Waals surface area contributed by atoms with E-state index in [0.717, 1.165) is 19.1 Å². The number of amides is 13. The molecule has 35 N–H and O–H groups in total. The summed E-state index contributed by atoms with van der Waals surface area (Å²) in [5.74, 6) is -21.8. The maximum Gasteiger partial charge on any atom is 0.328 e. The highest BCUT2D eigenvalue weighted by Crippen LogP contribution is 2.15. The summed E-state index contributed by atoms with van der Waals surface area (Å²) in [6.45, 7) is 2.50. The van der Waals surface area contributed by atoms with Gasteiger partial charge in [0.05, 0.1) is 38.1 Å². The molecule has 0 aliphatic carbocycles. The van der Waals surface area contributed by atoms with Crippen LogP contribution in [0.25, 0.3) is 0 Å². The predicted molar refractivity (Wildman–Crippen MR) is 369 cm³/mol. The van der Waals surface area contributed by atoms with Crippen LogP contribution in [0.3, 0.4) is 0 Å². The van der Waals surface area contributed by atoms with Crippen molar-refractivity contribution < 1.29 is 107 Å². The number of carbonyl (C=O) groups is 16. The number of aliphatic carboxylic acids is 3. The second-order valence-corrected chi connectivity index (χ2v) is 24.2. The van der Waals surface area contributed by atoms with E-state index in [-0.39, 0.29) is 93.3 Å². The number of nitrogens with two attached hydrogens (primary N) is 9. The molecule has 0 unspecified atom stereocenters. The number of rotatable bonds is 51. The fourth-order valence-electron chi connectivity index (χ4n) is 9.42. The first-order valence-corrected chi connectivity index (χ1v) is 32.7. The largest absolute Gasteiger partial charge is 0.508 e. The summed E-state index contributed by atoms with van der Waals surface area (Å²) in [4.78, 5) is 224. The van der Waals surface area contributed by atoms with Crippen LogP contribution in [0, 0.1) is 5.92 Å². The van der Waals surface area contributed by atoms with Gasteiger partial charge in [0.15, 0.2) is 17.9 Å². The van der Waals surface area contributed by atoms with Gasteiger partial charge in [-0.05, 0) is 88.3 Å². The lowest BCUT2D eigenvalue weighted by molar-refractivity contribution is -0.144. The highest BCUT2D eigenvalue weighted by Gasteiger charge is 2.38. The van der Waals surface area contributed by atoms with Crippen LogP contribution in [0.2, 0.25) is 0 Å². The third-order valence-corrected chi connectivity index (χ3v) is 14.8. The lowest BCUT2D eigenvalue weighted by atomic mass is 10.0. The second kappa shape index (κ2) is 47.4. The zero-order chi connectivity index (χ0) is 79.8. The van der Waals surface area contributed by atoms with Crippen LogP contribution in [0.5, 0.6) is 5.75 Å². The first-order chi connectivity index (χ1) is 49.1. The number of phenols is 1. The number of guanidine groups is 3. The molecule has 0 aliphatic heterocycles. The average Bonchev–Trinajstić information content (AvgIpc) is 0.849. The molecule has 0 aromatic heterocycles. The molecule has 0 bridgehead atoms. The second-order valence-electron chi connectivity index (χ2n) is 24.2. The number of aliphatic imine (C=N–C) groups is 3. The van der Waals surface area contributed by atoms with E-state index in [1.807, 2.05) is 16.0 Å². The van der Waals surface area contributed by atoms with Crippen molar-refractivity contribution in [2.24, 2.45) is 72.5 Å². The van der Waals surface area contributed by atoms with Gasteiger partial charge in [-0.2, -0.15) is 0 Å². The number of hydrogen-bond donors (Lipinski definition) is 26. The van der Waals surface area contributed by atoms with E-state index in [1.54, 1.807) is 13.8 Å². The number of carboxylic acid groups (broad SMARTS) is 3. The summed E-state index contributed by atoms with van der Waals surface area (Å²) in [6, 6.07) is -14.8. The van der Waals surface area contributed by atoms with Gasteiger partial charge in [-0.3, -0.25) is 86.9 Å². The molecule has 1 aromatic rings. The van der Waals surface area contributed by atoms with Crippen molar-refractivity contribution >= 4 is 113 Å². The Morgan fingerprint density at radius 1 is 0.429 bits per heavy atom. The number of hydrogen-bond acceptors (Lipinski definition) is 23. The maximum atomic E-state index is 14.3. The van der Waals surface area contributed by atoms with Crippen LogP contribution in [0.4, 0.5) is 0 Å². The van der Waals surface area contributed by atoms with Gasteiger partial charge in [-0.1, -0.05) is 26.0 Å². The van der Waals surface area contributed by atoms with E-state index in [0.29, 0.717) is 6.42 Å². The molecule has 13 amide bonds. The molecule has 0 saturated heterocycles. The fourth-order valence-corrected chi connectivity index (χ4v) is 9.42. The number of primary amides is 2. The highest BCUT2D eigenvalue weighted by atomic mass is 16.4. The molecule has 0 saturated carbocycles. The zero-order valence-corrected chi connectivity index (χ0v) is 58.0. The minimum atomic E-state index is -2.25. The SMILES string of the molecule is CC(C)C[C@H](NC(=O)[C@H](CCCN=C(N)N)NC(=O)[C@@H](N)CCCN=C(N)N)C(=O)NCC(=O)N[C@@H](CCCN=C(N)N)C(=O)N[C@@H](CCC(N)=O)C(=O)N[C@H](C(=O)N[C@@H](Cc1ccc(O)cc1)C(=O)N[C@@H](CC(=O)O)C(=O)N[C@@H](CC(N)=O)C(=O)N[C@@H](CCC(=O)O)C(=O)N[C@@H](CO)C(=O)O)[C@@H](C)O. The summed E-state index contributed by atoms with van der Waals surface area (Å²) in [5, 5.41) is 83.7. The Labute approximate surface area is 600 Å². The van der Waals surface area contributed by atoms with Crippen LogP contribution in [0.1, 0.15) is 110 Å². The number of nitrogens with zero attached hydrogens (tertiary/aromatic N) is 3. The van der Waals surface area contributed by atoms with Gasteiger partial charge >= 0.3 is 17.9 Å². The van der Waals surface area contributed by atoms with Gasteiger partial charge in [0.25, 0.3) is 0 Å². The van der Waals surface area contributed by atoms with Crippen molar-refractivity contribution in [2.75, 3.05) is 32.8 Å². The normalized spacial score (nSPS) is 14.3. The number of aliphatic hydroxyl groups excluding tert-OH is 2. The van der Waals surface area contributed by atoms with Gasteiger partial charge < -0.3 is 141 Å². The predicted octanol–water partition coefficient (Wildman–Crippen LogP) is -11.6. The standard InChI is InChI=1S/C60H99N23O22/c1-27(2)21-36(78-50(97)33(9-6-20-72-60(68)69)75-47(94)31(61)7-4-18-70-58(64)65)48(95)73-25-43(89)74-32(8-5-19-71-59(66)67)49(96)76-34(14-16-41(62)87)52(99)83-46(28(3)85)56(103)81-37(22-29-10-12-30(86)13-11-29)53(100)80-39(24-45(92)93)55(102)79-38(23-42(63)88)54(101)77-35(15-17-44(90)91)51(98)82-40(26-84)57(104)105/h10-13,27-28,31-40,46,84-86H,4-9,14-26,61H2,1-3H3,(H2,62,87)(H2,63,88)(H,73,95)(H,74,89)(H,75,94)(H,76,96)(H,77,101)(H,78,97)(H,79,102)(H,80,100)(H,81,103)(H,82,98)(H,83,99)(H,90,91)(H,92,93)(H,104,105)(H4,64,65,70)(H4,66,67,71)(H4,68,69,72)/t28-,31+,32+,33+,34+,35+,36+,37+,38+,39+,40+,46+/m1/s1. The average molecular weight is 1490 g/mol. The molecule has 0 radical (unpaired) electrons. The number of phenolic OH excluding ortho intramolecular Hbond substituents is 1. The van der Waals surface area contributed by atoms with Crippen LogP contribution in [-0.2, 0) is 83.1 Å². The molecule has 12 atom stereocenters. The molecule has 45 nitrogen and oxygen atoms in total. The topological polar surface area (TPSA) is 798 Å². The van der Waals surface area contributed by atoms with Gasteiger partial charge in [-0.25, -0.2) is 4.79 Å². The van der Waals surface area contributed by atoms with Gasteiger partial charge in [0, 0.05) is 38.9 Å². The monoisotopic (exact) mass is 1490 g/mol. The van der Waals surface area contributed by atoms with Crippen LogP contribution >= 0.6 is 0 Å². The lowest BCUT2D eigenvalue weighted by Gasteiger charge is -2.28. The minimum Gasteiger partial charge on any atom is -0.508 e. The van der Waals surface area contributed by atoms with Gasteiger partial charge in [0.1, 0.15) is 66.2 Å². The number of benzene rings is 1. The van der Waals surface area contributed by atoms with E-state index < -0.39 is 225 Å². The molecule has 0 heterocycles. The van der Waals surface area contributed by atoms with Crippen LogP contribution in [-0.4, -0.2) is 249 Å². The Hall–Kier alpha value is -11.8. The van der Waals surface area contributed by atoms with E-state index >= 15 is 0 Å². The van der Waals surface area contributed by atoms with Crippen molar-refractivity contribution in [3.05, 3.63) is 29.8 Å². The number of carbonyl (C=O) groups excluding carboxylic acids is 13. The molecule has 45 heteroatoms. The number of nitrogens with one attached hydrogen (secondary N) is 11. The molecular weight excluding hydrogens is 1390 g/mol. The van der Waals surface area contributed by atoms with E-state index in [9.17, 15) is 107 Å². The molecular formula is C60H99N23O22. The summed E-state index contributed by atoms with van der Waals surface area (Å²) in [5.41, 5.74) is 49.6. The molecule has 0 spiro atoms. The molecule has 1 rings (SSSR count). The summed E-state index contributed by atoms with van der Waals surface area (Å²) in [6.07, 6.45) is -7.57. The quantitative estimate of drug-likeness (QED) is 0.0164. The van der Waals surface area contributed by atoms with E-state index in [1.165, 1.54) is 12.1 Å². The Bertz CT molecular complexity index is 3270. The van der Waals surface area contributed by atoms with Crippen molar-refractivity contribution in [2.45, 2.75) is 183 Å².